The molecule has 0 aliphatic rings. The second-order valence-electron chi connectivity index (χ2n) is 4.62. The Bertz CT molecular complexity index is 507. The summed E-state index contributed by atoms with van der Waals surface area (Å²) in [5.41, 5.74) is 6.39. The van der Waals surface area contributed by atoms with Crippen LogP contribution in [0, 0.1) is 20.8 Å². The van der Waals surface area contributed by atoms with Gasteiger partial charge in [-0.25, -0.2) is 0 Å². The minimum Gasteiger partial charge on any atom is -0.277 e. The number of hydrogen-bond donors (Lipinski definition) is 1. The van der Waals surface area contributed by atoms with Gasteiger partial charge in [0.05, 0.1) is 11.2 Å². The Morgan fingerprint density at radius 2 is 1.87 bits per heavy atom. The van der Waals surface area contributed by atoms with E-state index < -0.39 is 0 Å². The highest BCUT2D eigenvalue weighted by molar-refractivity contribution is 5.88. The molecule has 0 spiro atoms. The number of rotatable bonds is 1. The summed E-state index contributed by atoms with van der Waals surface area (Å²) in [7, 11) is 0. The quantitative estimate of drug-likeness (QED) is 0.751. The number of aromatic amines is 1. The SMILES string of the molecule is Cc1cc(C(C)C)c(C)c2c(C)n[nH]c12. The highest BCUT2D eigenvalue weighted by Crippen LogP contribution is 2.30. The first-order valence-corrected chi connectivity index (χ1v) is 5.47. The zero-order chi connectivity index (χ0) is 11.2. The van der Waals surface area contributed by atoms with Crippen molar-refractivity contribution in [1.82, 2.24) is 10.2 Å². The highest BCUT2D eigenvalue weighted by atomic mass is 15.1. The van der Waals surface area contributed by atoms with Crippen LogP contribution in [-0.2, 0) is 0 Å². The average Bonchev–Trinajstić information content (AvgIpc) is 2.54. The molecule has 0 saturated carbocycles. The van der Waals surface area contributed by atoms with Crippen molar-refractivity contribution in [2.24, 2.45) is 0 Å². The summed E-state index contributed by atoms with van der Waals surface area (Å²) in [6.07, 6.45) is 0. The molecule has 15 heavy (non-hydrogen) atoms. The summed E-state index contributed by atoms with van der Waals surface area (Å²) in [6, 6.07) is 2.28. The lowest BCUT2D eigenvalue weighted by molar-refractivity contribution is 0.858. The fourth-order valence-corrected chi connectivity index (χ4v) is 2.33. The molecule has 0 fully saturated rings. The molecule has 1 aromatic heterocycles. The maximum Gasteiger partial charge on any atom is 0.0685 e. The standard InChI is InChI=1S/C13H18N2/c1-7(2)11-6-8(3)13-12(9(11)4)10(5)14-15-13/h6-7H,1-5H3,(H,14,15). The van der Waals surface area contributed by atoms with E-state index in [4.69, 9.17) is 0 Å². The van der Waals surface area contributed by atoms with Gasteiger partial charge in [0.15, 0.2) is 0 Å². The van der Waals surface area contributed by atoms with Gasteiger partial charge in [-0.2, -0.15) is 5.10 Å². The maximum absolute atomic E-state index is 4.29. The summed E-state index contributed by atoms with van der Waals surface area (Å²) in [5, 5.41) is 8.71. The van der Waals surface area contributed by atoms with Gasteiger partial charge in [-0.05, 0) is 43.4 Å². The van der Waals surface area contributed by atoms with Crippen molar-refractivity contribution in [3.05, 3.63) is 28.5 Å². The van der Waals surface area contributed by atoms with Crippen LogP contribution >= 0.6 is 0 Å². The van der Waals surface area contributed by atoms with Gasteiger partial charge in [-0.15, -0.1) is 0 Å². The van der Waals surface area contributed by atoms with Crippen molar-refractivity contribution in [3.63, 3.8) is 0 Å². The number of hydrogen-bond acceptors (Lipinski definition) is 1. The lowest BCUT2D eigenvalue weighted by Gasteiger charge is -2.12. The summed E-state index contributed by atoms with van der Waals surface area (Å²) in [6.45, 7) is 10.9. The van der Waals surface area contributed by atoms with E-state index in [9.17, 15) is 0 Å². The van der Waals surface area contributed by atoms with Crippen LogP contribution in [0.3, 0.4) is 0 Å². The average molecular weight is 202 g/mol. The largest absolute Gasteiger partial charge is 0.277 e. The third kappa shape index (κ3) is 1.44. The van der Waals surface area contributed by atoms with Crippen LogP contribution in [-0.4, -0.2) is 10.2 Å². The first-order valence-electron chi connectivity index (χ1n) is 5.47. The third-order valence-corrected chi connectivity index (χ3v) is 3.14. The molecule has 0 aliphatic carbocycles. The number of benzene rings is 1. The smallest absolute Gasteiger partial charge is 0.0685 e. The third-order valence-electron chi connectivity index (χ3n) is 3.14. The van der Waals surface area contributed by atoms with Crippen LogP contribution in [0.1, 0.15) is 42.1 Å². The van der Waals surface area contributed by atoms with Crippen LogP contribution in [0.4, 0.5) is 0 Å². The minimum atomic E-state index is 0.572. The molecule has 1 aromatic carbocycles. The second kappa shape index (κ2) is 3.37. The van der Waals surface area contributed by atoms with E-state index in [0.717, 1.165) is 5.69 Å². The first-order chi connectivity index (χ1) is 7.02. The van der Waals surface area contributed by atoms with E-state index in [0.29, 0.717) is 5.92 Å². The Kier molecular flexibility index (Phi) is 2.29. The fraction of sp³-hybridized carbons (Fsp3) is 0.462. The molecule has 1 N–H and O–H groups in total. The number of H-pyrrole nitrogens is 1. The van der Waals surface area contributed by atoms with Crippen molar-refractivity contribution in [2.75, 3.05) is 0 Å². The van der Waals surface area contributed by atoms with Gasteiger partial charge in [0.2, 0.25) is 0 Å². The van der Waals surface area contributed by atoms with E-state index in [1.54, 1.807) is 0 Å². The molecule has 0 aliphatic heterocycles. The number of fused-ring (bicyclic) bond motifs is 1. The molecule has 2 aromatic rings. The lowest BCUT2D eigenvalue weighted by Crippen LogP contribution is -1.95. The molecule has 0 saturated heterocycles. The van der Waals surface area contributed by atoms with E-state index >= 15 is 0 Å². The predicted molar refractivity (Wildman–Crippen MR) is 64.4 cm³/mol. The Morgan fingerprint density at radius 1 is 1.20 bits per heavy atom. The maximum atomic E-state index is 4.29. The summed E-state index contributed by atoms with van der Waals surface area (Å²) in [4.78, 5) is 0. The molecule has 0 amide bonds. The minimum absolute atomic E-state index is 0.572. The summed E-state index contributed by atoms with van der Waals surface area (Å²) < 4.78 is 0. The van der Waals surface area contributed by atoms with E-state index in [2.05, 4.69) is 50.9 Å². The van der Waals surface area contributed by atoms with E-state index in [1.807, 2.05) is 0 Å². The molecule has 0 atom stereocenters. The number of aryl methyl sites for hydroxylation is 3. The lowest BCUT2D eigenvalue weighted by atomic mass is 9.92. The number of nitrogens with zero attached hydrogens (tertiary/aromatic N) is 1. The Hall–Kier alpha value is -1.31. The van der Waals surface area contributed by atoms with Crippen molar-refractivity contribution in [3.8, 4) is 0 Å². The van der Waals surface area contributed by atoms with E-state index in [-0.39, 0.29) is 0 Å². The molecular formula is C13H18N2. The molecule has 2 heteroatoms. The monoisotopic (exact) mass is 202 g/mol. The first kappa shape index (κ1) is 10.2. The summed E-state index contributed by atoms with van der Waals surface area (Å²) >= 11 is 0. The molecule has 0 radical (unpaired) electrons. The summed E-state index contributed by atoms with van der Waals surface area (Å²) in [5.74, 6) is 0.572. The molecule has 80 valence electrons. The van der Waals surface area contributed by atoms with Gasteiger partial charge < -0.3 is 0 Å². The Balaban J connectivity index is 2.88. The van der Waals surface area contributed by atoms with E-state index in [1.165, 1.54) is 27.6 Å². The van der Waals surface area contributed by atoms with Crippen molar-refractivity contribution < 1.29 is 0 Å². The van der Waals surface area contributed by atoms with Crippen LogP contribution in [0.2, 0.25) is 0 Å². The van der Waals surface area contributed by atoms with Crippen LogP contribution < -0.4 is 0 Å². The molecule has 1 heterocycles. The molecule has 0 bridgehead atoms. The van der Waals surface area contributed by atoms with Crippen molar-refractivity contribution in [1.29, 1.82) is 0 Å². The highest BCUT2D eigenvalue weighted by Gasteiger charge is 2.13. The van der Waals surface area contributed by atoms with Crippen LogP contribution in [0.15, 0.2) is 6.07 Å². The topological polar surface area (TPSA) is 28.7 Å². The van der Waals surface area contributed by atoms with Crippen LogP contribution in [0.25, 0.3) is 10.9 Å². The van der Waals surface area contributed by atoms with Crippen LogP contribution in [0.5, 0.6) is 0 Å². The zero-order valence-corrected chi connectivity index (χ0v) is 10.1. The van der Waals surface area contributed by atoms with Gasteiger partial charge in [0, 0.05) is 5.39 Å². The van der Waals surface area contributed by atoms with Gasteiger partial charge in [-0.1, -0.05) is 19.9 Å². The molecule has 0 unspecified atom stereocenters. The van der Waals surface area contributed by atoms with Crippen molar-refractivity contribution >= 4 is 10.9 Å². The number of aromatic nitrogens is 2. The fourth-order valence-electron chi connectivity index (χ4n) is 2.33. The normalized spacial score (nSPS) is 11.6. The second-order valence-corrected chi connectivity index (χ2v) is 4.62. The van der Waals surface area contributed by atoms with Gasteiger partial charge in [0.25, 0.3) is 0 Å². The zero-order valence-electron chi connectivity index (χ0n) is 10.1. The Labute approximate surface area is 90.7 Å². The van der Waals surface area contributed by atoms with Gasteiger partial charge >= 0.3 is 0 Å². The number of nitrogens with one attached hydrogen (secondary N) is 1. The Morgan fingerprint density at radius 3 is 2.47 bits per heavy atom. The molecule has 2 rings (SSSR count). The van der Waals surface area contributed by atoms with Gasteiger partial charge in [0.1, 0.15) is 0 Å². The molecule has 2 nitrogen and oxygen atoms in total. The predicted octanol–water partition coefficient (Wildman–Crippen LogP) is 3.61. The molecular weight excluding hydrogens is 184 g/mol. The van der Waals surface area contributed by atoms with Crippen molar-refractivity contribution in [2.45, 2.75) is 40.5 Å². The van der Waals surface area contributed by atoms with Gasteiger partial charge in [-0.3, -0.25) is 5.10 Å².